The zero-order chi connectivity index (χ0) is 10.6. The zero-order valence-electron chi connectivity index (χ0n) is 7.74. The summed E-state index contributed by atoms with van der Waals surface area (Å²) in [6.07, 6.45) is 1.19. The molecule has 3 nitrogen and oxygen atoms in total. The molecule has 1 rings (SSSR count). The number of hydrogen-bond acceptors (Lipinski definition) is 3. The molecular formula is C10H13BrN2O. The summed E-state index contributed by atoms with van der Waals surface area (Å²) < 4.78 is 1.00. The van der Waals surface area contributed by atoms with Crippen LogP contribution in [-0.4, -0.2) is 18.4 Å². The molecule has 0 aliphatic heterocycles. The van der Waals surface area contributed by atoms with Crippen molar-refractivity contribution in [2.45, 2.75) is 12.0 Å². The van der Waals surface area contributed by atoms with Crippen molar-refractivity contribution in [3.8, 4) is 0 Å². The van der Waals surface area contributed by atoms with Crippen LogP contribution in [0, 0.1) is 0 Å². The van der Waals surface area contributed by atoms with Crippen LogP contribution < -0.4 is 11.5 Å². The fraction of sp³-hybridized carbons (Fsp3) is 0.300. The highest BCUT2D eigenvalue weighted by molar-refractivity contribution is 9.10. The Balaban J connectivity index is 2.77. The highest BCUT2D eigenvalue weighted by Crippen LogP contribution is 2.13. The minimum Gasteiger partial charge on any atom is -0.328 e. The summed E-state index contributed by atoms with van der Waals surface area (Å²) in [5.41, 5.74) is 11.3. The Hall–Kier alpha value is -0.710. The molecule has 0 radical (unpaired) electrons. The summed E-state index contributed by atoms with van der Waals surface area (Å²) in [4.78, 5) is 10.7. The lowest BCUT2D eigenvalue weighted by atomic mass is 9.94. The van der Waals surface area contributed by atoms with Gasteiger partial charge in [0.15, 0.2) is 0 Å². The van der Waals surface area contributed by atoms with Crippen LogP contribution in [0.25, 0.3) is 0 Å². The van der Waals surface area contributed by atoms with Crippen molar-refractivity contribution < 1.29 is 4.79 Å². The quantitative estimate of drug-likeness (QED) is 0.785. The van der Waals surface area contributed by atoms with E-state index in [-0.39, 0.29) is 6.54 Å². The van der Waals surface area contributed by atoms with E-state index in [1.807, 2.05) is 24.3 Å². The maximum Gasteiger partial charge on any atom is 0.141 e. The van der Waals surface area contributed by atoms with Gasteiger partial charge in [-0.2, -0.15) is 0 Å². The minimum absolute atomic E-state index is 0.159. The Morgan fingerprint density at radius 1 is 1.36 bits per heavy atom. The topological polar surface area (TPSA) is 69.1 Å². The Morgan fingerprint density at radius 3 is 2.36 bits per heavy atom. The predicted octanol–water partition coefficient (Wildman–Crippen LogP) is 0.847. The number of carbonyl (C=O) groups excluding carboxylic acids is 1. The molecule has 76 valence electrons. The molecule has 0 heterocycles. The van der Waals surface area contributed by atoms with Crippen molar-refractivity contribution in [1.82, 2.24) is 0 Å². The molecule has 1 aromatic carbocycles. The van der Waals surface area contributed by atoms with Crippen LogP contribution in [0.5, 0.6) is 0 Å². The molecular weight excluding hydrogens is 244 g/mol. The van der Waals surface area contributed by atoms with E-state index >= 15 is 0 Å². The SMILES string of the molecule is NC[C@@](N)(C=O)Cc1ccc(Br)cc1. The van der Waals surface area contributed by atoms with Crippen LogP contribution in [0.1, 0.15) is 5.56 Å². The monoisotopic (exact) mass is 256 g/mol. The molecule has 0 aromatic heterocycles. The fourth-order valence-electron chi connectivity index (χ4n) is 1.14. The standard InChI is InChI=1S/C10H13BrN2O/c11-9-3-1-8(2-4-9)5-10(13,6-12)7-14/h1-4,7H,5-6,12-13H2/t10-/m1/s1. The third-order valence-corrected chi connectivity index (χ3v) is 2.59. The first kappa shape index (κ1) is 11.4. The van der Waals surface area contributed by atoms with Gasteiger partial charge in [0.2, 0.25) is 0 Å². The van der Waals surface area contributed by atoms with Gasteiger partial charge in [-0.05, 0) is 24.1 Å². The minimum atomic E-state index is -0.937. The van der Waals surface area contributed by atoms with E-state index in [9.17, 15) is 4.79 Å². The molecule has 14 heavy (non-hydrogen) atoms. The second kappa shape index (κ2) is 4.68. The lowest BCUT2D eigenvalue weighted by Crippen LogP contribution is -2.50. The van der Waals surface area contributed by atoms with Crippen molar-refractivity contribution in [3.05, 3.63) is 34.3 Å². The van der Waals surface area contributed by atoms with Crippen molar-refractivity contribution in [1.29, 1.82) is 0 Å². The number of aldehydes is 1. The van der Waals surface area contributed by atoms with Gasteiger partial charge in [0.25, 0.3) is 0 Å². The van der Waals surface area contributed by atoms with Gasteiger partial charge in [-0.1, -0.05) is 28.1 Å². The van der Waals surface area contributed by atoms with Gasteiger partial charge in [-0.3, -0.25) is 0 Å². The largest absolute Gasteiger partial charge is 0.328 e. The number of halogens is 1. The predicted molar refractivity (Wildman–Crippen MR) is 59.9 cm³/mol. The number of hydrogen-bond donors (Lipinski definition) is 2. The Kier molecular flexibility index (Phi) is 3.80. The smallest absolute Gasteiger partial charge is 0.141 e. The van der Waals surface area contributed by atoms with Crippen LogP contribution in [0.4, 0.5) is 0 Å². The first-order valence-corrected chi connectivity index (χ1v) is 5.09. The van der Waals surface area contributed by atoms with Crippen LogP contribution in [0.2, 0.25) is 0 Å². The summed E-state index contributed by atoms with van der Waals surface area (Å²) in [5.74, 6) is 0. The lowest BCUT2D eigenvalue weighted by Gasteiger charge is -2.20. The van der Waals surface area contributed by atoms with E-state index in [2.05, 4.69) is 15.9 Å². The molecule has 1 aromatic rings. The second-order valence-corrected chi connectivity index (χ2v) is 4.27. The summed E-state index contributed by atoms with van der Waals surface area (Å²) in [7, 11) is 0. The van der Waals surface area contributed by atoms with E-state index in [0.29, 0.717) is 6.42 Å². The molecule has 0 saturated carbocycles. The zero-order valence-corrected chi connectivity index (χ0v) is 9.33. The van der Waals surface area contributed by atoms with Crippen LogP contribution in [0.3, 0.4) is 0 Å². The van der Waals surface area contributed by atoms with Gasteiger partial charge >= 0.3 is 0 Å². The lowest BCUT2D eigenvalue weighted by molar-refractivity contribution is -0.111. The van der Waals surface area contributed by atoms with Crippen LogP contribution in [-0.2, 0) is 11.2 Å². The summed E-state index contributed by atoms with van der Waals surface area (Å²) in [6.45, 7) is 0.159. The van der Waals surface area contributed by atoms with E-state index in [1.54, 1.807) is 0 Å². The van der Waals surface area contributed by atoms with Crippen molar-refractivity contribution in [3.63, 3.8) is 0 Å². The molecule has 0 unspecified atom stereocenters. The fourth-order valence-corrected chi connectivity index (χ4v) is 1.41. The molecule has 0 spiro atoms. The molecule has 0 aliphatic rings. The Labute approximate surface area is 91.6 Å². The highest BCUT2D eigenvalue weighted by Gasteiger charge is 2.22. The number of benzene rings is 1. The summed E-state index contributed by atoms with van der Waals surface area (Å²) >= 11 is 3.33. The maximum absolute atomic E-state index is 10.7. The van der Waals surface area contributed by atoms with Crippen molar-refractivity contribution in [2.75, 3.05) is 6.54 Å². The Morgan fingerprint density at radius 2 is 1.93 bits per heavy atom. The molecule has 0 bridgehead atoms. The molecule has 0 amide bonds. The van der Waals surface area contributed by atoms with Gasteiger partial charge in [-0.15, -0.1) is 0 Å². The second-order valence-electron chi connectivity index (χ2n) is 3.36. The van der Waals surface area contributed by atoms with E-state index < -0.39 is 5.54 Å². The Bertz CT molecular complexity index is 312. The molecule has 0 saturated heterocycles. The van der Waals surface area contributed by atoms with Gasteiger partial charge in [0.1, 0.15) is 6.29 Å². The normalized spacial score (nSPS) is 14.8. The first-order valence-electron chi connectivity index (χ1n) is 4.29. The summed E-state index contributed by atoms with van der Waals surface area (Å²) in [5, 5.41) is 0. The van der Waals surface area contributed by atoms with Crippen molar-refractivity contribution in [2.24, 2.45) is 11.5 Å². The van der Waals surface area contributed by atoms with Gasteiger partial charge < -0.3 is 16.3 Å². The van der Waals surface area contributed by atoms with Crippen LogP contribution >= 0.6 is 15.9 Å². The van der Waals surface area contributed by atoms with E-state index in [1.165, 1.54) is 0 Å². The molecule has 0 aliphatic carbocycles. The first-order chi connectivity index (χ1) is 6.59. The average molecular weight is 257 g/mol. The molecule has 4 N–H and O–H groups in total. The number of carbonyl (C=O) groups is 1. The average Bonchev–Trinajstić information content (AvgIpc) is 2.21. The van der Waals surface area contributed by atoms with Crippen LogP contribution in [0.15, 0.2) is 28.7 Å². The highest BCUT2D eigenvalue weighted by atomic mass is 79.9. The van der Waals surface area contributed by atoms with Gasteiger partial charge in [0, 0.05) is 11.0 Å². The molecule has 1 atom stereocenters. The molecule has 0 fully saturated rings. The molecule has 4 heteroatoms. The van der Waals surface area contributed by atoms with Gasteiger partial charge in [0.05, 0.1) is 5.54 Å². The third-order valence-electron chi connectivity index (χ3n) is 2.06. The van der Waals surface area contributed by atoms with Gasteiger partial charge in [-0.25, -0.2) is 0 Å². The van der Waals surface area contributed by atoms with E-state index in [4.69, 9.17) is 11.5 Å². The maximum atomic E-state index is 10.7. The third kappa shape index (κ3) is 2.90. The van der Waals surface area contributed by atoms with E-state index in [0.717, 1.165) is 16.3 Å². The van der Waals surface area contributed by atoms with Crippen molar-refractivity contribution >= 4 is 22.2 Å². The number of rotatable bonds is 4. The summed E-state index contributed by atoms with van der Waals surface area (Å²) in [6, 6.07) is 7.67. The number of nitrogens with two attached hydrogens (primary N) is 2.